The number of hydrogen-bond donors (Lipinski definition) is 1. The van der Waals surface area contributed by atoms with Gasteiger partial charge >= 0.3 is 0 Å². The first-order chi connectivity index (χ1) is 6.52. The van der Waals surface area contributed by atoms with E-state index in [4.69, 9.17) is 10.5 Å². The molecule has 1 saturated heterocycles. The van der Waals surface area contributed by atoms with Crippen molar-refractivity contribution in [3.8, 4) is 0 Å². The fourth-order valence-corrected chi connectivity index (χ4v) is 3.50. The molecule has 0 bridgehead atoms. The molecule has 2 N–H and O–H groups in total. The minimum absolute atomic E-state index is 0.0374. The van der Waals surface area contributed by atoms with Gasteiger partial charge in [0.15, 0.2) is 9.84 Å². The van der Waals surface area contributed by atoms with Gasteiger partial charge in [-0.25, -0.2) is 8.42 Å². The van der Waals surface area contributed by atoms with E-state index in [1.54, 1.807) is 0 Å². The van der Waals surface area contributed by atoms with E-state index in [9.17, 15) is 8.42 Å². The van der Waals surface area contributed by atoms with Crippen LogP contribution in [0.4, 0.5) is 0 Å². The van der Waals surface area contributed by atoms with Crippen molar-refractivity contribution < 1.29 is 13.2 Å². The van der Waals surface area contributed by atoms with Crippen molar-refractivity contribution >= 4 is 9.84 Å². The summed E-state index contributed by atoms with van der Waals surface area (Å²) in [6.45, 7) is 2.98. The van der Waals surface area contributed by atoms with Gasteiger partial charge in [0.2, 0.25) is 0 Å². The zero-order valence-electron chi connectivity index (χ0n) is 8.61. The van der Waals surface area contributed by atoms with Gasteiger partial charge in [-0.05, 0) is 26.2 Å². The molecular weight excluding hydrogens is 202 g/mol. The van der Waals surface area contributed by atoms with Crippen LogP contribution in [0.25, 0.3) is 0 Å². The van der Waals surface area contributed by atoms with Crippen molar-refractivity contribution in [2.24, 2.45) is 5.73 Å². The van der Waals surface area contributed by atoms with Gasteiger partial charge in [0.05, 0.1) is 11.0 Å². The Bertz CT molecular complexity index is 255. The van der Waals surface area contributed by atoms with Crippen LogP contribution in [0.3, 0.4) is 0 Å². The van der Waals surface area contributed by atoms with Crippen molar-refractivity contribution in [3.63, 3.8) is 0 Å². The summed E-state index contributed by atoms with van der Waals surface area (Å²) in [5.74, 6) is 0.218. The normalized spacial score (nSPS) is 22.1. The summed E-state index contributed by atoms with van der Waals surface area (Å²) in [6, 6.07) is -0.0374. The van der Waals surface area contributed by atoms with Crippen LogP contribution in [-0.4, -0.2) is 38.7 Å². The van der Waals surface area contributed by atoms with Crippen LogP contribution in [0.15, 0.2) is 0 Å². The smallest absolute Gasteiger partial charge is 0.153 e. The quantitative estimate of drug-likeness (QED) is 0.742. The lowest BCUT2D eigenvalue weighted by atomic mass is 10.2. The van der Waals surface area contributed by atoms with Crippen LogP contribution >= 0.6 is 0 Å². The SMILES string of the molecule is CC(N)CCS(=O)(=O)C1CCOCC1. The third-order valence-corrected chi connectivity index (χ3v) is 4.83. The lowest BCUT2D eigenvalue weighted by Gasteiger charge is -2.22. The molecule has 0 aromatic rings. The first-order valence-electron chi connectivity index (χ1n) is 5.07. The Kier molecular flexibility index (Phi) is 4.34. The van der Waals surface area contributed by atoms with Crippen LogP contribution in [0, 0.1) is 0 Å². The second kappa shape index (κ2) is 5.09. The van der Waals surface area contributed by atoms with Crippen LogP contribution in [0.2, 0.25) is 0 Å². The van der Waals surface area contributed by atoms with E-state index < -0.39 is 9.84 Å². The molecule has 1 heterocycles. The van der Waals surface area contributed by atoms with Crippen LogP contribution < -0.4 is 5.73 Å². The predicted octanol–water partition coefficient (Wildman–Crippen LogP) is 0.317. The van der Waals surface area contributed by atoms with E-state index in [-0.39, 0.29) is 17.0 Å². The van der Waals surface area contributed by atoms with Gasteiger partial charge < -0.3 is 10.5 Å². The van der Waals surface area contributed by atoms with Gasteiger partial charge in [-0.2, -0.15) is 0 Å². The first-order valence-corrected chi connectivity index (χ1v) is 6.79. The van der Waals surface area contributed by atoms with E-state index in [0.29, 0.717) is 32.5 Å². The molecule has 0 aromatic carbocycles. The van der Waals surface area contributed by atoms with Crippen molar-refractivity contribution in [1.82, 2.24) is 0 Å². The minimum atomic E-state index is -2.94. The highest BCUT2D eigenvalue weighted by atomic mass is 32.2. The maximum atomic E-state index is 11.8. The second-order valence-corrected chi connectivity index (χ2v) is 6.35. The zero-order valence-corrected chi connectivity index (χ0v) is 9.42. The summed E-state index contributed by atoms with van der Waals surface area (Å²) >= 11 is 0. The Balaban J connectivity index is 2.46. The Morgan fingerprint density at radius 3 is 2.50 bits per heavy atom. The topological polar surface area (TPSA) is 69.4 Å². The van der Waals surface area contributed by atoms with Gasteiger partial charge in [-0.1, -0.05) is 0 Å². The Labute approximate surface area is 85.7 Å². The molecule has 0 saturated carbocycles. The third-order valence-electron chi connectivity index (χ3n) is 2.53. The molecule has 0 aromatic heterocycles. The summed E-state index contributed by atoms with van der Waals surface area (Å²) in [5, 5.41) is -0.199. The number of ether oxygens (including phenoxy) is 1. The molecule has 1 atom stereocenters. The number of nitrogens with two attached hydrogens (primary N) is 1. The molecule has 1 rings (SSSR count). The maximum Gasteiger partial charge on any atom is 0.153 e. The lowest BCUT2D eigenvalue weighted by Crippen LogP contribution is -2.32. The molecule has 0 amide bonds. The average Bonchev–Trinajstić information content (AvgIpc) is 2.16. The number of rotatable bonds is 4. The lowest BCUT2D eigenvalue weighted by molar-refractivity contribution is 0.0983. The first kappa shape index (κ1) is 11.9. The molecule has 1 fully saturated rings. The molecule has 1 aliphatic heterocycles. The van der Waals surface area contributed by atoms with Crippen molar-refractivity contribution in [2.45, 2.75) is 37.5 Å². The minimum Gasteiger partial charge on any atom is -0.381 e. The molecule has 84 valence electrons. The van der Waals surface area contributed by atoms with Crippen LogP contribution in [0.5, 0.6) is 0 Å². The van der Waals surface area contributed by atoms with E-state index in [1.165, 1.54) is 0 Å². The molecule has 14 heavy (non-hydrogen) atoms. The maximum absolute atomic E-state index is 11.8. The van der Waals surface area contributed by atoms with Gasteiger partial charge in [0.1, 0.15) is 0 Å². The highest BCUT2D eigenvalue weighted by molar-refractivity contribution is 7.92. The van der Waals surface area contributed by atoms with E-state index in [1.807, 2.05) is 6.92 Å². The van der Waals surface area contributed by atoms with Crippen LogP contribution in [-0.2, 0) is 14.6 Å². The van der Waals surface area contributed by atoms with Gasteiger partial charge in [0, 0.05) is 19.3 Å². The molecule has 0 radical (unpaired) electrons. The highest BCUT2D eigenvalue weighted by Gasteiger charge is 2.27. The molecule has 1 aliphatic rings. The number of hydrogen-bond acceptors (Lipinski definition) is 4. The molecule has 0 aliphatic carbocycles. The fraction of sp³-hybridized carbons (Fsp3) is 1.00. The summed E-state index contributed by atoms with van der Waals surface area (Å²) in [7, 11) is -2.94. The van der Waals surface area contributed by atoms with Crippen LogP contribution in [0.1, 0.15) is 26.2 Å². The summed E-state index contributed by atoms with van der Waals surface area (Å²) in [6.07, 6.45) is 1.84. The largest absolute Gasteiger partial charge is 0.381 e. The summed E-state index contributed by atoms with van der Waals surface area (Å²) in [5.41, 5.74) is 5.54. The predicted molar refractivity (Wildman–Crippen MR) is 55.9 cm³/mol. The third kappa shape index (κ3) is 3.55. The standard InChI is InChI=1S/C9H19NO3S/c1-8(10)4-7-14(11,12)9-2-5-13-6-3-9/h8-9H,2-7,10H2,1H3. The summed E-state index contributed by atoms with van der Waals surface area (Å²) < 4.78 is 28.7. The molecule has 0 spiro atoms. The summed E-state index contributed by atoms with van der Waals surface area (Å²) in [4.78, 5) is 0. The Morgan fingerprint density at radius 2 is 2.00 bits per heavy atom. The Hall–Kier alpha value is -0.130. The Morgan fingerprint density at radius 1 is 1.43 bits per heavy atom. The van der Waals surface area contributed by atoms with Crippen molar-refractivity contribution in [3.05, 3.63) is 0 Å². The van der Waals surface area contributed by atoms with E-state index in [2.05, 4.69) is 0 Å². The van der Waals surface area contributed by atoms with Gasteiger partial charge in [-0.15, -0.1) is 0 Å². The zero-order chi connectivity index (χ0) is 10.6. The average molecular weight is 221 g/mol. The molecule has 1 unspecified atom stereocenters. The monoisotopic (exact) mass is 221 g/mol. The molecule has 5 heteroatoms. The fourth-order valence-electron chi connectivity index (χ4n) is 1.55. The van der Waals surface area contributed by atoms with E-state index >= 15 is 0 Å². The number of sulfone groups is 1. The molecule has 4 nitrogen and oxygen atoms in total. The molecular formula is C9H19NO3S. The van der Waals surface area contributed by atoms with Gasteiger partial charge in [0.25, 0.3) is 0 Å². The van der Waals surface area contributed by atoms with Gasteiger partial charge in [-0.3, -0.25) is 0 Å². The second-order valence-electron chi connectivity index (χ2n) is 3.94. The highest BCUT2D eigenvalue weighted by Crippen LogP contribution is 2.17. The van der Waals surface area contributed by atoms with Crippen molar-refractivity contribution in [1.29, 1.82) is 0 Å². The van der Waals surface area contributed by atoms with Crippen molar-refractivity contribution in [2.75, 3.05) is 19.0 Å². The van der Waals surface area contributed by atoms with E-state index in [0.717, 1.165) is 0 Å².